The van der Waals surface area contributed by atoms with Crippen molar-refractivity contribution in [2.75, 3.05) is 19.4 Å². The number of ether oxygens (including phenoxy) is 1. The molecular weight excluding hydrogens is 258 g/mol. The minimum Gasteiger partial charge on any atom is -0.466 e. The van der Waals surface area contributed by atoms with Crippen LogP contribution in [0.3, 0.4) is 0 Å². The minimum atomic E-state index is -0.0508. The lowest BCUT2D eigenvalue weighted by molar-refractivity contribution is -0.143. The summed E-state index contributed by atoms with van der Waals surface area (Å²) < 4.78 is 4.91. The number of unbranched alkanes of at least 4 members (excludes halogenated alkanes) is 2. The van der Waals surface area contributed by atoms with Crippen LogP contribution < -0.4 is 5.32 Å². The average molecular weight is 287 g/mol. The monoisotopic (exact) mass is 287 g/mol. The molecule has 19 heavy (non-hydrogen) atoms. The van der Waals surface area contributed by atoms with Crippen molar-refractivity contribution in [2.24, 2.45) is 0 Å². The summed E-state index contributed by atoms with van der Waals surface area (Å²) in [5, 5.41) is 4.50. The van der Waals surface area contributed by atoms with Crippen molar-refractivity contribution in [3.63, 3.8) is 0 Å². The second-order valence-corrected chi connectivity index (χ2v) is 6.31. The van der Waals surface area contributed by atoms with Crippen LogP contribution >= 0.6 is 11.8 Å². The van der Waals surface area contributed by atoms with Gasteiger partial charge < -0.3 is 10.1 Å². The third kappa shape index (κ3) is 7.21. The van der Waals surface area contributed by atoms with Crippen molar-refractivity contribution < 1.29 is 9.53 Å². The summed E-state index contributed by atoms with van der Waals surface area (Å²) in [5.74, 6) is -0.0508. The molecule has 0 bridgehead atoms. The van der Waals surface area contributed by atoms with Gasteiger partial charge in [0.05, 0.1) is 6.61 Å². The molecule has 0 heterocycles. The molecule has 1 rings (SSSR count). The maximum atomic E-state index is 11.2. The molecule has 1 aliphatic carbocycles. The van der Waals surface area contributed by atoms with Crippen molar-refractivity contribution in [1.82, 2.24) is 5.32 Å². The highest BCUT2D eigenvalue weighted by Gasteiger charge is 2.23. The predicted molar refractivity (Wildman–Crippen MR) is 82.7 cm³/mol. The smallest absolute Gasteiger partial charge is 0.305 e. The Morgan fingerprint density at radius 1 is 1.26 bits per heavy atom. The Labute approximate surface area is 122 Å². The third-order valence-electron chi connectivity index (χ3n) is 3.77. The molecule has 2 unspecified atom stereocenters. The first-order valence-corrected chi connectivity index (χ1v) is 8.98. The second-order valence-electron chi connectivity index (χ2n) is 5.23. The topological polar surface area (TPSA) is 38.3 Å². The van der Waals surface area contributed by atoms with Crippen molar-refractivity contribution in [2.45, 2.75) is 69.6 Å². The number of thioether (sulfide) groups is 1. The van der Waals surface area contributed by atoms with Gasteiger partial charge in [-0.1, -0.05) is 19.3 Å². The van der Waals surface area contributed by atoms with Gasteiger partial charge in [-0.15, -0.1) is 0 Å². The summed E-state index contributed by atoms with van der Waals surface area (Å²) in [7, 11) is 0. The maximum Gasteiger partial charge on any atom is 0.305 e. The summed E-state index contributed by atoms with van der Waals surface area (Å²) in [5.41, 5.74) is 0. The molecule has 3 nitrogen and oxygen atoms in total. The highest BCUT2D eigenvalue weighted by molar-refractivity contribution is 7.99. The van der Waals surface area contributed by atoms with Crippen molar-refractivity contribution in [3.8, 4) is 0 Å². The van der Waals surface area contributed by atoms with E-state index in [9.17, 15) is 4.79 Å². The van der Waals surface area contributed by atoms with Crippen molar-refractivity contribution in [1.29, 1.82) is 0 Å². The molecule has 2 atom stereocenters. The van der Waals surface area contributed by atoms with Crippen LogP contribution in [-0.4, -0.2) is 36.7 Å². The summed E-state index contributed by atoms with van der Waals surface area (Å²) >= 11 is 2.01. The van der Waals surface area contributed by atoms with Gasteiger partial charge in [0.25, 0.3) is 0 Å². The number of hydrogen-bond donors (Lipinski definition) is 1. The molecular formula is C15H29NO2S. The van der Waals surface area contributed by atoms with Gasteiger partial charge in [0.2, 0.25) is 0 Å². The number of rotatable bonds is 9. The van der Waals surface area contributed by atoms with E-state index in [1.54, 1.807) is 0 Å². The molecule has 1 saturated carbocycles. The molecule has 0 aromatic carbocycles. The van der Waals surface area contributed by atoms with E-state index in [1.807, 2.05) is 18.7 Å². The molecule has 0 spiro atoms. The average Bonchev–Trinajstić information content (AvgIpc) is 2.43. The van der Waals surface area contributed by atoms with E-state index < -0.39 is 0 Å². The van der Waals surface area contributed by atoms with E-state index in [0.717, 1.165) is 31.1 Å². The van der Waals surface area contributed by atoms with Crippen molar-refractivity contribution in [3.05, 3.63) is 0 Å². The molecule has 1 fully saturated rings. The first-order chi connectivity index (χ1) is 9.27. The Morgan fingerprint density at radius 3 is 2.79 bits per heavy atom. The minimum absolute atomic E-state index is 0.0508. The third-order valence-corrected chi connectivity index (χ3v) is 4.94. The molecule has 0 aromatic rings. The van der Waals surface area contributed by atoms with Crippen LogP contribution in [0.4, 0.5) is 0 Å². The van der Waals surface area contributed by atoms with Gasteiger partial charge in [0.1, 0.15) is 0 Å². The largest absolute Gasteiger partial charge is 0.466 e. The molecule has 0 aliphatic heterocycles. The van der Waals surface area contributed by atoms with E-state index in [1.165, 1.54) is 25.7 Å². The van der Waals surface area contributed by atoms with Gasteiger partial charge in [-0.2, -0.15) is 11.8 Å². The SMILES string of the molecule is CCOC(=O)CCCCCNC1CCCCC1SC. The van der Waals surface area contributed by atoms with Crippen LogP contribution in [0, 0.1) is 0 Å². The molecule has 0 aromatic heterocycles. The molecule has 1 aliphatic rings. The molecule has 1 N–H and O–H groups in total. The van der Waals surface area contributed by atoms with Crippen LogP contribution in [0.15, 0.2) is 0 Å². The zero-order valence-corrected chi connectivity index (χ0v) is 13.3. The maximum absolute atomic E-state index is 11.2. The van der Waals surface area contributed by atoms with E-state index in [-0.39, 0.29) is 5.97 Å². The van der Waals surface area contributed by atoms with Crippen LogP contribution in [-0.2, 0) is 9.53 Å². The Balaban J connectivity index is 1.99. The number of carbonyl (C=O) groups is 1. The lowest BCUT2D eigenvalue weighted by Crippen LogP contribution is -2.40. The fourth-order valence-corrected chi connectivity index (χ4v) is 3.67. The second kappa shape index (κ2) is 10.6. The van der Waals surface area contributed by atoms with Crippen LogP contribution in [0.25, 0.3) is 0 Å². The number of esters is 1. The van der Waals surface area contributed by atoms with Crippen LogP contribution in [0.2, 0.25) is 0 Å². The number of nitrogens with one attached hydrogen (secondary N) is 1. The Morgan fingerprint density at radius 2 is 2.05 bits per heavy atom. The van der Waals surface area contributed by atoms with Gasteiger partial charge in [-0.25, -0.2) is 0 Å². The van der Waals surface area contributed by atoms with E-state index in [2.05, 4.69) is 11.6 Å². The fourth-order valence-electron chi connectivity index (χ4n) is 2.70. The molecule has 0 radical (unpaired) electrons. The first-order valence-electron chi connectivity index (χ1n) is 7.69. The first kappa shape index (κ1) is 16.8. The van der Waals surface area contributed by atoms with Crippen LogP contribution in [0.5, 0.6) is 0 Å². The Bertz CT molecular complexity index is 248. The molecule has 4 heteroatoms. The summed E-state index contributed by atoms with van der Waals surface area (Å²) in [4.78, 5) is 11.2. The quantitative estimate of drug-likeness (QED) is 0.521. The Hall–Kier alpha value is -0.220. The number of carbonyl (C=O) groups excluding carboxylic acids is 1. The van der Waals surface area contributed by atoms with E-state index in [4.69, 9.17) is 4.74 Å². The molecule has 112 valence electrons. The summed E-state index contributed by atoms with van der Waals surface area (Å²) in [6.45, 7) is 3.44. The van der Waals surface area contributed by atoms with Crippen molar-refractivity contribution >= 4 is 17.7 Å². The van der Waals surface area contributed by atoms with Gasteiger partial charge in [-0.3, -0.25) is 4.79 Å². The predicted octanol–water partition coefficient (Wildman–Crippen LogP) is 3.37. The van der Waals surface area contributed by atoms with E-state index >= 15 is 0 Å². The van der Waals surface area contributed by atoms with Gasteiger partial charge in [-0.05, 0) is 45.4 Å². The normalized spacial score (nSPS) is 23.3. The lowest BCUT2D eigenvalue weighted by Gasteiger charge is -2.31. The lowest BCUT2D eigenvalue weighted by atomic mass is 9.95. The van der Waals surface area contributed by atoms with Gasteiger partial charge in [0, 0.05) is 17.7 Å². The zero-order valence-electron chi connectivity index (χ0n) is 12.5. The fraction of sp³-hybridized carbons (Fsp3) is 0.933. The molecule has 0 amide bonds. The highest BCUT2D eigenvalue weighted by Crippen LogP contribution is 2.27. The zero-order chi connectivity index (χ0) is 13.9. The van der Waals surface area contributed by atoms with Gasteiger partial charge >= 0.3 is 5.97 Å². The molecule has 0 saturated heterocycles. The summed E-state index contributed by atoms with van der Waals surface area (Å²) in [6, 6.07) is 0.703. The number of hydrogen-bond acceptors (Lipinski definition) is 4. The standard InChI is InChI=1S/C15H29NO2S/c1-3-18-15(17)11-5-4-8-12-16-13-9-6-7-10-14(13)19-2/h13-14,16H,3-12H2,1-2H3. The summed E-state index contributed by atoms with van der Waals surface area (Å²) in [6.07, 6.45) is 11.5. The van der Waals surface area contributed by atoms with Crippen LogP contribution in [0.1, 0.15) is 58.3 Å². The van der Waals surface area contributed by atoms with E-state index in [0.29, 0.717) is 19.1 Å². The Kier molecular flexibility index (Phi) is 9.35. The highest BCUT2D eigenvalue weighted by atomic mass is 32.2. The van der Waals surface area contributed by atoms with Gasteiger partial charge in [0.15, 0.2) is 0 Å².